The van der Waals surface area contributed by atoms with E-state index in [-0.39, 0.29) is 0 Å². The Morgan fingerprint density at radius 1 is 1.43 bits per heavy atom. The summed E-state index contributed by atoms with van der Waals surface area (Å²) in [6, 6.07) is 0. The van der Waals surface area contributed by atoms with Crippen LogP contribution in [0.1, 0.15) is 12.8 Å². The molecule has 2 bridgehead atoms. The minimum atomic E-state index is 0.416. The number of anilines is 2. The second-order valence-corrected chi connectivity index (χ2v) is 4.95. The Bertz CT molecular complexity index is 329. The number of fused-ring (bicyclic) bond motifs is 2. The fourth-order valence-electron chi connectivity index (χ4n) is 2.19. The summed E-state index contributed by atoms with van der Waals surface area (Å²) in [5.41, 5.74) is 5.67. The van der Waals surface area contributed by atoms with Crippen molar-refractivity contribution in [1.29, 1.82) is 0 Å². The van der Waals surface area contributed by atoms with Crippen LogP contribution in [0.15, 0.2) is 6.20 Å². The van der Waals surface area contributed by atoms with Crippen LogP contribution in [0.5, 0.6) is 0 Å². The highest BCUT2D eigenvalue weighted by Gasteiger charge is 2.34. The number of nitrogens with zero attached hydrogens (tertiary/aromatic N) is 2. The third-order valence-corrected chi connectivity index (χ3v) is 3.71. The molecule has 0 aliphatic carbocycles. The highest BCUT2D eigenvalue weighted by Crippen LogP contribution is 2.32. The molecule has 1 aromatic heterocycles. The highest BCUT2D eigenvalue weighted by molar-refractivity contribution is 7.19. The van der Waals surface area contributed by atoms with Crippen molar-refractivity contribution in [3.05, 3.63) is 6.20 Å². The molecule has 0 amide bonds. The van der Waals surface area contributed by atoms with Gasteiger partial charge in [-0.15, -0.1) is 0 Å². The van der Waals surface area contributed by atoms with Crippen LogP contribution in [-0.2, 0) is 4.74 Å². The SMILES string of the molecule is Nc1cnc(N2CC3CCC(C2)O3)s1. The molecule has 1 aromatic rings. The lowest BCUT2D eigenvalue weighted by atomic mass is 10.2. The van der Waals surface area contributed by atoms with E-state index in [1.165, 1.54) is 12.8 Å². The van der Waals surface area contributed by atoms with Gasteiger partial charge in [-0.1, -0.05) is 11.3 Å². The zero-order chi connectivity index (χ0) is 9.54. The van der Waals surface area contributed by atoms with Crippen LogP contribution in [0.2, 0.25) is 0 Å². The first kappa shape index (κ1) is 8.49. The molecule has 3 rings (SSSR count). The number of nitrogen functional groups attached to an aromatic ring is 1. The number of ether oxygens (including phenoxy) is 1. The Morgan fingerprint density at radius 3 is 2.71 bits per heavy atom. The van der Waals surface area contributed by atoms with Gasteiger partial charge in [0.25, 0.3) is 0 Å². The van der Waals surface area contributed by atoms with Crippen molar-refractivity contribution in [2.75, 3.05) is 23.7 Å². The minimum absolute atomic E-state index is 0.416. The lowest BCUT2D eigenvalue weighted by Gasteiger charge is -2.31. The molecule has 0 spiro atoms. The van der Waals surface area contributed by atoms with Crippen molar-refractivity contribution in [3.63, 3.8) is 0 Å². The van der Waals surface area contributed by atoms with Crippen LogP contribution < -0.4 is 10.6 Å². The van der Waals surface area contributed by atoms with Gasteiger partial charge in [-0.3, -0.25) is 0 Å². The van der Waals surface area contributed by atoms with E-state index in [2.05, 4.69) is 9.88 Å². The van der Waals surface area contributed by atoms with Gasteiger partial charge in [-0.25, -0.2) is 4.98 Å². The van der Waals surface area contributed by atoms with Gasteiger partial charge in [-0.05, 0) is 12.8 Å². The Hall–Kier alpha value is -0.810. The topological polar surface area (TPSA) is 51.4 Å². The van der Waals surface area contributed by atoms with E-state index in [1.54, 1.807) is 17.5 Å². The second kappa shape index (κ2) is 3.10. The van der Waals surface area contributed by atoms with Crippen molar-refractivity contribution in [1.82, 2.24) is 4.98 Å². The molecule has 2 fully saturated rings. The first-order chi connectivity index (χ1) is 6.81. The molecule has 0 saturated carbocycles. The zero-order valence-electron chi connectivity index (χ0n) is 7.85. The molecule has 2 N–H and O–H groups in total. The van der Waals surface area contributed by atoms with Gasteiger partial charge in [0.05, 0.1) is 18.4 Å². The molecular weight excluding hydrogens is 198 g/mol. The zero-order valence-corrected chi connectivity index (χ0v) is 8.67. The Labute approximate surface area is 86.7 Å². The molecule has 5 heteroatoms. The minimum Gasteiger partial charge on any atom is -0.389 e. The number of hydrogen-bond acceptors (Lipinski definition) is 5. The monoisotopic (exact) mass is 211 g/mol. The van der Waals surface area contributed by atoms with E-state index >= 15 is 0 Å². The summed E-state index contributed by atoms with van der Waals surface area (Å²) >= 11 is 1.56. The van der Waals surface area contributed by atoms with E-state index in [0.29, 0.717) is 12.2 Å². The van der Waals surface area contributed by atoms with Crippen LogP contribution in [0.25, 0.3) is 0 Å². The maximum Gasteiger partial charge on any atom is 0.187 e. The number of thiazole rings is 1. The van der Waals surface area contributed by atoms with Gasteiger partial charge in [-0.2, -0.15) is 0 Å². The van der Waals surface area contributed by atoms with Crippen molar-refractivity contribution < 1.29 is 4.74 Å². The predicted octanol–water partition coefficient (Wildman–Crippen LogP) is 1.09. The summed E-state index contributed by atoms with van der Waals surface area (Å²) < 4.78 is 5.76. The first-order valence-electron chi connectivity index (χ1n) is 4.93. The van der Waals surface area contributed by atoms with E-state index in [0.717, 1.165) is 23.2 Å². The summed E-state index contributed by atoms with van der Waals surface area (Å²) in [5, 5.41) is 1.83. The van der Waals surface area contributed by atoms with Gasteiger partial charge < -0.3 is 15.4 Å². The fraction of sp³-hybridized carbons (Fsp3) is 0.667. The third-order valence-electron chi connectivity index (χ3n) is 2.83. The largest absolute Gasteiger partial charge is 0.389 e. The Balaban J connectivity index is 1.80. The van der Waals surface area contributed by atoms with E-state index in [9.17, 15) is 0 Å². The van der Waals surface area contributed by atoms with Gasteiger partial charge in [0, 0.05) is 13.1 Å². The Kier molecular flexibility index (Phi) is 1.88. The predicted molar refractivity (Wildman–Crippen MR) is 56.6 cm³/mol. The second-order valence-electron chi connectivity index (χ2n) is 3.91. The van der Waals surface area contributed by atoms with E-state index in [1.807, 2.05) is 0 Å². The summed E-state index contributed by atoms with van der Waals surface area (Å²) in [6.45, 7) is 1.95. The van der Waals surface area contributed by atoms with Crippen LogP contribution >= 0.6 is 11.3 Å². The summed E-state index contributed by atoms with van der Waals surface area (Å²) in [7, 11) is 0. The number of aromatic nitrogens is 1. The summed E-state index contributed by atoms with van der Waals surface area (Å²) in [6.07, 6.45) is 4.96. The normalized spacial score (nSPS) is 31.0. The molecule has 2 aliphatic rings. The lowest BCUT2D eigenvalue weighted by Crippen LogP contribution is -2.42. The lowest BCUT2D eigenvalue weighted by molar-refractivity contribution is 0.0305. The number of nitrogens with two attached hydrogens (primary N) is 1. The molecule has 2 aliphatic heterocycles. The maximum atomic E-state index is 5.76. The van der Waals surface area contributed by atoms with Crippen molar-refractivity contribution >= 4 is 21.5 Å². The van der Waals surface area contributed by atoms with Gasteiger partial charge in [0.15, 0.2) is 5.13 Å². The summed E-state index contributed by atoms with van der Waals surface area (Å²) in [5.74, 6) is 0. The van der Waals surface area contributed by atoms with Crippen LogP contribution in [0.4, 0.5) is 10.1 Å². The van der Waals surface area contributed by atoms with Gasteiger partial charge in [0.2, 0.25) is 0 Å². The first-order valence-corrected chi connectivity index (χ1v) is 5.74. The van der Waals surface area contributed by atoms with Gasteiger partial charge >= 0.3 is 0 Å². The molecule has 0 radical (unpaired) electrons. The molecule has 2 atom stereocenters. The van der Waals surface area contributed by atoms with Crippen LogP contribution in [0.3, 0.4) is 0 Å². The smallest absolute Gasteiger partial charge is 0.187 e. The molecule has 4 nitrogen and oxygen atoms in total. The maximum absolute atomic E-state index is 5.76. The molecule has 0 aromatic carbocycles. The average molecular weight is 211 g/mol. The molecular formula is C9H13N3OS. The Morgan fingerprint density at radius 2 is 2.14 bits per heavy atom. The van der Waals surface area contributed by atoms with E-state index in [4.69, 9.17) is 10.5 Å². The highest BCUT2D eigenvalue weighted by atomic mass is 32.1. The molecule has 2 saturated heterocycles. The fourth-order valence-corrected chi connectivity index (χ4v) is 2.89. The van der Waals surface area contributed by atoms with Crippen LogP contribution in [-0.4, -0.2) is 30.3 Å². The quantitative estimate of drug-likeness (QED) is 0.755. The molecule has 14 heavy (non-hydrogen) atoms. The summed E-state index contributed by atoms with van der Waals surface area (Å²) in [4.78, 5) is 6.60. The number of hydrogen-bond donors (Lipinski definition) is 1. The van der Waals surface area contributed by atoms with Crippen molar-refractivity contribution in [2.45, 2.75) is 25.0 Å². The standard InChI is InChI=1S/C9H13N3OS/c10-8-3-11-9(14-8)12-4-6-1-2-7(5-12)13-6/h3,6-7H,1-2,4-5,10H2. The van der Waals surface area contributed by atoms with Gasteiger partial charge in [0.1, 0.15) is 5.00 Å². The van der Waals surface area contributed by atoms with Crippen molar-refractivity contribution in [3.8, 4) is 0 Å². The molecule has 2 unspecified atom stereocenters. The molecule has 3 heterocycles. The number of morpholine rings is 1. The van der Waals surface area contributed by atoms with E-state index < -0.39 is 0 Å². The number of rotatable bonds is 1. The third kappa shape index (κ3) is 1.36. The van der Waals surface area contributed by atoms with Crippen LogP contribution in [0, 0.1) is 0 Å². The van der Waals surface area contributed by atoms with Crippen molar-refractivity contribution in [2.24, 2.45) is 0 Å². The molecule has 76 valence electrons. The average Bonchev–Trinajstić information content (AvgIpc) is 2.73.